The average molecular weight is 645 g/mol. The van der Waals surface area contributed by atoms with E-state index in [-0.39, 0.29) is 41.8 Å². The van der Waals surface area contributed by atoms with E-state index in [1.54, 1.807) is 0 Å². The zero-order chi connectivity index (χ0) is 33.2. The molecule has 4 fully saturated rings. The summed E-state index contributed by atoms with van der Waals surface area (Å²) in [5, 5.41) is 0. The lowest BCUT2D eigenvalue weighted by molar-refractivity contribution is -0.141. The number of hydrogen-bond donors (Lipinski definition) is 1. The van der Waals surface area contributed by atoms with Crippen LogP contribution in [0.1, 0.15) is 102 Å². The highest BCUT2D eigenvalue weighted by Gasteiger charge is 2.52. The summed E-state index contributed by atoms with van der Waals surface area (Å²) in [7, 11) is -0.747. The number of nitrogens with zero attached hydrogens (tertiary/aromatic N) is 3. The van der Waals surface area contributed by atoms with E-state index < -0.39 is 47.8 Å². The predicted molar refractivity (Wildman–Crippen MR) is 166 cm³/mol. The number of piperidine rings is 1. The standard InChI is InChI=1S/C33H41BF4N4O4/c1-18-14-20(30(43)41-29(39)23-10-11-27(33(36,37)38)40-28(23)19-6-7-19)12-13-42(18)26-16-21(34-45-31(2,3)32(4,5)46-34)15-25(35)24(26)17-44-22-8-9-22/h10-11,15-16,18-20,22H,6-9,12-14,17H2,1-5H3,(H2,39,41,43)/t18?,20-/m0/s1. The van der Waals surface area contributed by atoms with Gasteiger partial charge in [0.2, 0.25) is 0 Å². The molecule has 6 rings (SSSR count). The molecule has 0 spiro atoms. The van der Waals surface area contributed by atoms with Gasteiger partial charge in [0.05, 0.1) is 29.6 Å². The number of ether oxygens (including phenoxy) is 1. The lowest BCUT2D eigenvalue weighted by Crippen LogP contribution is -2.44. The molecule has 2 saturated carbocycles. The third-order valence-electron chi connectivity index (χ3n) is 9.93. The number of rotatable bonds is 8. The van der Waals surface area contributed by atoms with Crippen molar-refractivity contribution in [2.45, 2.75) is 115 Å². The van der Waals surface area contributed by atoms with Crippen molar-refractivity contribution in [3.63, 3.8) is 0 Å². The Morgan fingerprint density at radius 2 is 1.78 bits per heavy atom. The van der Waals surface area contributed by atoms with E-state index in [0.717, 1.165) is 18.9 Å². The minimum Gasteiger partial charge on any atom is -0.399 e. The molecule has 8 nitrogen and oxygen atoms in total. The Labute approximate surface area is 267 Å². The molecule has 2 atom stereocenters. The van der Waals surface area contributed by atoms with Crippen molar-refractivity contribution in [2.75, 3.05) is 11.4 Å². The molecule has 46 heavy (non-hydrogen) atoms. The van der Waals surface area contributed by atoms with E-state index in [1.807, 2.05) is 40.7 Å². The van der Waals surface area contributed by atoms with Crippen molar-refractivity contribution in [3.05, 3.63) is 52.6 Å². The third-order valence-corrected chi connectivity index (χ3v) is 9.93. The third kappa shape index (κ3) is 6.68. The van der Waals surface area contributed by atoms with Crippen LogP contribution in [0.4, 0.5) is 23.2 Å². The van der Waals surface area contributed by atoms with Crippen molar-refractivity contribution >= 4 is 30.0 Å². The quantitative estimate of drug-likeness (QED) is 0.172. The Morgan fingerprint density at radius 3 is 2.37 bits per heavy atom. The fourth-order valence-electron chi connectivity index (χ4n) is 6.13. The van der Waals surface area contributed by atoms with Crippen LogP contribution in [0.2, 0.25) is 0 Å². The molecular formula is C33H41BF4N4O4. The van der Waals surface area contributed by atoms with Gasteiger partial charge in [0.1, 0.15) is 17.3 Å². The van der Waals surface area contributed by atoms with E-state index in [4.69, 9.17) is 19.8 Å². The zero-order valence-electron chi connectivity index (χ0n) is 26.9. The van der Waals surface area contributed by atoms with E-state index >= 15 is 4.39 Å². The maximum atomic E-state index is 15.8. The Kier molecular flexibility index (Phi) is 8.51. The number of halogens is 4. The number of nitrogens with two attached hydrogens (primary N) is 1. The van der Waals surface area contributed by atoms with Gasteiger partial charge >= 0.3 is 13.3 Å². The minimum absolute atomic E-state index is 0.125. The van der Waals surface area contributed by atoms with Crippen LogP contribution in [0, 0.1) is 11.7 Å². The number of carbonyl (C=O) groups excluding carboxylic acids is 1. The maximum absolute atomic E-state index is 15.8. The number of anilines is 1. The van der Waals surface area contributed by atoms with Crippen LogP contribution in [-0.2, 0) is 31.6 Å². The van der Waals surface area contributed by atoms with Gasteiger partial charge in [-0.1, -0.05) is 0 Å². The van der Waals surface area contributed by atoms with Crippen LogP contribution in [0.25, 0.3) is 0 Å². The van der Waals surface area contributed by atoms with Gasteiger partial charge in [0.15, 0.2) is 0 Å². The first-order valence-electron chi connectivity index (χ1n) is 16.1. The highest BCUT2D eigenvalue weighted by atomic mass is 19.4. The summed E-state index contributed by atoms with van der Waals surface area (Å²) in [5.41, 5.74) is 6.25. The topological polar surface area (TPSA) is 99.3 Å². The summed E-state index contributed by atoms with van der Waals surface area (Å²) in [6.45, 7) is 10.3. The molecule has 2 aliphatic carbocycles. The maximum Gasteiger partial charge on any atom is 0.495 e. The second kappa shape index (κ2) is 11.9. The Hall–Kier alpha value is -3.03. The summed E-state index contributed by atoms with van der Waals surface area (Å²) in [4.78, 5) is 23.4. The van der Waals surface area contributed by atoms with Crippen molar-refractivity contribution in [1.82, 2.24) is 4.98 Å². The van der Waals surface area contributed by atoms with Crippen LogP contribution in [-0.4, -0.2) is 53.7 Å². The average Bonchev–Trinajstić information content (AvgIpc) is 3.89. The number of benzene rings is 1. The molecular weight excluding hydrogens is 603 g/mol. The monoisotopic (exact) mass is 644 g/mol. The predicted octanol–water partition coefficient (Wildman–Crippen LogP) is 5.63. The molecule has 2 aliphatic heterocycles. The molecule has 4 aliphatic rings. The summed E-state index contributed by atoms with van der Waals surface area (Å²) in [6.07, 6.45) is -0.231. The van der Waals surface area contributed by atoms with Gasteiger partial charge in [-0.05, 0) is 103 Å². The highest BCUT2D eigenvalue weighted by Crippen LogP contribution is 2.42. The SMILES string of the molecule is CC1C[C@@H](C(=O)N=C(N)c2ccc(C(F)(F)F)nc2C2CC2)CCN1c1cc(B2OC(C)(C)C(C)(C)O2)cc(F)c1COC1CC1. The zero-order valence-corrected chi connectivity index (χ0v) is 26.9. The molecule has 2 N–H and O–H groups in total. The van der Waals surface area contributed by atoms with Gasteiger partial charge < -0.3 is 24.7 Å². The molecule has 248 valence electrons. The van der Waals surface area contributed by atoms with Crippen LogP contribution in [0.5, 0.6) is 0 Å². The molecule has 1 unspecified atom stereocenters. The van der Waals surface area contributed by atoms with E-state index in [2.05, 4.69) is 14.9 Å². The number of aromatic nitrogens is 1. The highest BCUT2D eigenvalue weighted by molar-refractivity contribution is 6.62. The fourth-order valence-corrected chi connectivity index (χ4v) is 6.13. The molecule has 2 aromatic rings. The molecule has 13 heteroatoms. The lowest BCUT2D eigenvalue weighted by atomic mass is 9.77. The molecule has 3 heterocycles. The minimum atomic E-state index is -4.58. The van der Waals surface area contributed by atoms with Crippen LogP contribution in [0.3, 0.4) is 0 Å². The van der Waals surface area contributed by atoms with Gasteiger partial charge in [-0.2, -0.15) is 18.2 Å². The fraction of sp³-hybridized carbons (Fsp3) is 0.606. The number of hydrogen-bond acceptors (Lipinski definition) is 6. The van der Waals surface area contributed by atoms with Crippen LogP contribution >= 0.6 is 0 Å². The summed E-state index contributed by atoms with van der Waals surface area (Å²) in [5.74, 6) is -1.54. The Bertz CT molecular complexity index is 1520. The summed E-state index contributed by atoms with van der Waals surface area (Å²) < 4.78 is 74.1. The summed E-state index contributed by atoms with van der Waals surface area (Å²) >= 11 is 0. The number of carbonyl (C=O) groups is 1. The van der Waals surface area contributed by atoms with Crippen molar-refractivity contribution in [3.8, 4) is 0 Å². The van der Waals surface area contributed by atoms with Gasteiger partial charge in [-0.15, -0.1) is 0 Å². The number of amidine groups is 1. The van der Waals surface area contributed by atoms with Gasteiger partial charge in [0, 0.05) is 41.2 Å². The van der Waals surface area contributed by atoms with Crippen molar-refractivity contribution in [1.29, 1.82) is 0 Å². The van der Waals surface area contributed by atoms with E-state index in [0.29, 0.717) is 48.9 Å². The summed E-state index contributed by atoms with van der Waals surface area (Å²) in [6, 6.07) is 5.33. The first kappa shape index (κ1) is 32.9. The first-order valence-corrected chi connectivity index (χ1v) is 16.1. The largest absolute Gasteiger partial charge is 0.495 e. The lowest BCUT2D eigenvalue weighted by Gasteiger charge is -2.39. The van der Waals surface area contributed by atoms with E-state index in [9.17, 15) is 18.0 Å². The van der Waals surface area contributed by atoms with Crippen LogP contribution < -0.4 is 16.1 Å². The van der Waals surface area contributed by atoms with Crippen molar-refractivity contribution < 1.29 is 36.4 Å². The second-order valence-corrected chi connectivity index (χ2v) is 14.1. The number of aliphatic imine (C=N–C) groups is 1. The molecule has 1 aromatic heterocycles. The number of alkyl halides is 3. The molecule has 1 aromatic carbocycles. The molecule has 0 bridgehead atoms. The Balaban J connectivity index is 1.22. The molecule has 1 amide bonds. The van der Waals surface area contributed by atoms with Crippen LogP contribution in [0.15, 0.2) is 29.3 Å². The normalized spacial score (nSPS) is 24.8. The second-order valence-electron chi connectivity index (χ2n) is 14.1. The molecule has 2 saturated heterocycles. The molecule has 0 radical (unpaired) electrons. The van der Waals surface area contributed by atoms with Gasteiger partial charge in [0.25, 0.3) is 5.91 Å². The van der Waals surface area contributed by atoms with E-state index in [1.165, 1.54) is 12.1 Å². The number of pyridine rings is 1. The first-order chi connectivity index (χ1) is 21.5. The smallest absolute Gasteiger partial charge is 0.399 e. The van der Waals surface area contributed by atoms with Crippen molar-refractivity contribution in [2.24, 2.45) is 16.6 Å². The van der Waals surface area contributed by atoms with Gasteiger partial charge in [-0.25, -0.2) is 9.37 Å². The Morgan fingerprint density at radius 1 is 1.11 bits per heavy atom. The number of amides is 1. The van der Waals surface area contributed by atoms with Gasteiger partial charge in [-0.3, -0.25) is 4.79 Å².